The largest absolute Gasteiger partial charge is 0.394 e. The van der Waals surface area contributed by atoms with E-state index in [9.17, 15) is 15.0 Å². The van der Waals surface area contributed by atoms with Crippen LogP contribution in [0.2, 0.25) is 0 Å². The molecular formula is C55H105NO3. The number of hydrogen-bond donors (Lipinski definition) is 3. The van der Waals surface area contributed by atoms with Crippen LogP contribution in [0.15, 0.2) is 36.5 Å². The molecule has 0 aliphatic rings. The van der Waals surface area contributed by atoms with E-state index >= 15 is 0 Å². The normalized spacial score (nSPS) is 13.1. The van der Waals surface area contributed by atoms with E-state index in [0.29, 0.717) is 6.42 Å². The summed E-state index contributed by atoms with van der Waals surface area (Å²) in [6.07, 6.45) is 69.1. The summed E-state index contributed by atoms with van der Waals surface area (Å²) < 4.78 is 0. The Kier molecular flexibility index (Phi) is 49.8. The average Bonchev–Trinajstić information content (AvgIpc) is 3.24. The smallest absolute Gasteiger partial charge is 0.220 e. The zero-order valence-corrected chi connectivity index (χ0v) is 40.0. The van der Waals surface area contributed by atoms with Crippen molar-refractivity contribution in [3.05, 3.63) is 36.5 Å². The maximum absolute atomic E-state index is 12.4. The van der Waals surface area contributed by atoms with Gasteiger partial charge in [-0.25, -0.2) is 0 Å². The predicted molar refractivity (Wildman–Crippen MR) is 262 cm³/mol. The first-order valence-corrected chi connectivity index (χ1v) is 26.7. The number of carbonyl (C=O) groups is 1. The number of aliphatic hydroxyl groups is 2. The number of aliphatic hydroxyl groups excluding tert-OH is 2. The molecule has 0 bridgehead atoms. The maximum atomic E-state index is 12.4. The van der Waals surface area contributed by atoms with Crippen LogP contribution in [-0.2, 0) is 4.79 Å². The third-order valence-corrected chi connectivity index (χ3v) is 12.4. The Hall–Kier alpha value is -1.39. The van der Waals surface area contributed by atoms with Crippen molar-refractivity contribution in [1.82, 2.24) is 5.32 Å². The first kappa shape index (κ1) is 57.6. The Bertz CT molecular complexity index is 897. The zero-order valence-electron chi connectivity index (χ0n) is 40.0. The lowest BCUT2D eigenvalue weighted by molar-refractivity contribution is -0.123. The Morgan fingerprint density at radius 3 is 0.966 bits per heavy atom. The minimum atomic E-state index is -0.866. The highest BCUT2D eigenvalue weighted by molar-refractivity contribution is 5.76. The molecule has 0 radical (unpaired) electrons. The van der Waals surface area contributed by atoms with Crippen molar-refractivity contribution in [1.29, 1.82) is 0 Å². The molecule has 0 aromatic heterocycles. The Balaban J connectivity index is 3.34. The second-order valence-corrected chi connectivity index (χ2v) is 18.3. The summed E-state index contributed by atoms with van der Waals surface area (Å²) >= 11 is 0. The molecule has 0 aliphatic carbocycles. The van der Waals surface area contributed by atoms with Crippen molar-refractivity contribution in [3.8, 4) is 0 Å². The molecular weight excluding hydrogens is 723 g/mol. The van der Waals surface area contributed by atoms with E-state index in [4.69, 9.17) is 0 Å². The first-order valence-electron chi connectivity index (χ1n) is 26.7. The van der Waals surface area contributed by atoms with Gasteiger partial charge in [-0.15, -0.1) is 0 Å². The van der Waals surface area contributed by atoms with E-state index in [-0.39, 0.29) is 12.5 Å². The number of amides is 1. The van der Waals surface area contributed by atoms with Gasteiger partial charge in [-0.2, -0.15) is 0 Å². The number of carbonyl (C=O) groups excluding carboxylic acids is 1. The Morgan fingerprint density at radius 2 is 0.678 bits per heavy atom. The number of rotatable bonds is 49. The van der Waals surface area contributed by atoms with Crippen LogP contribution in [-0.4, -0.2) is 34.9 Å². The molecule has 2 atom stereocenters. The quantitative estimate of drug-likeness (QED) is 0.0423. The van der Waals surface area contributed by atoms with Crippen LogP contribution in [0.4, 0.5) is 0 Å². The van der Waals surface area contributed by atoms with Crippen molar-refractivity contribution < 1.29 is 15.0 Å². The van der Waals surface area contributed by atoms with Crippen LogP contribution in [0.1, 0.15) is 290 Å². The summed E-state index contributed by atoms with van der Waals surface area (Å²) in [5, 5.41) is 22.9. The highest BCUT2D eigenvalue weighted by atomic mass is 16.3. The average molecular weight is 828 g/mol. The van der Waals surface area contributed by atoms with Gasteiger partial charge in [-0.1, -0.05) is 281 Å². The van der Waals surface area contributed by atoms with E-state index in [2.05, 4.69) is 43.5 Å². The van der Waals surface area contributed by atoms with Gasteiger partial charge in [0.25, 0.3) is 0 Å². The summed E-state index contributed by atoms with van der Waals surface area (Å²) in [5.41, 5.74) is 0. The molecule has 0 aromatic rings. The maximum Gasteiger partial charge on any atom is 0.220 e. The van der Waals surface area contributed by atoms with Crippen molar-refractivity contribution in [3.63, 3.8) is 0 Å². The summed E-state index contributed by atoms with van der Waals surface area (Å²) in [7, 11) is 0. The second kappa shape index (κ2) is 51.0. The van der Waals surface area contributed by atoms with E-state index in [1.165, 1.54) is 225 Å². The van der Waals surface area contributed by atoms with Gasteiger partial charge in [0.15, 0.2) is 0 Å². The van der Waals surface area contributed by atoms with Crippen LogP contribution < -0.4 is 5.32 Å². The molecule has 2 unspecified atom stereocenters. The molecule has 0 saturated carbocycles. The summed E-state index contributed by atoms with van der Waals surface area (Å²) in [6.45, 7) is 4.19. The van der Waals surface area contributed by atoms with Gasteiger partial charge < -0.3 is 15.5 Å². The fourth-order valence-corrected chi connectivity index (χ4v) is 8.34. The monoisotopic (exact) mass is 828 g/mol. The van der Waals surface area contributed by atoms with Crippen LogP contribution in [0, 0.1) is 0 Å². The summed E-state index contributed by atoms with van der Waals surface area (Å²) in [5.74, 6) is -0.0761. The Labute approximate surface area is 370 Å². The molecule has 0 spiro atoms. The number of allylic oxidation sites excluding steroid dienone is 5. The van der Waals surface area contributed by atoms with E-state index in [1.807, 2.05) is 6.08 Å². The fourth-order valence-electron chi connectivity index (χ4n) is 8.34. The number of hydrogen-bond acceptors (Lipinski definition) is 3. The lowest BCUT2D eigenvalue weighted by Gasteiger charge is -2.19. The lowest BCUT2D eigenvalue weighted by Crippen LogP contribution is -2.45. The van der Waals surface area contributed by atoms with Crippen LogP contribution in [0.3, 0.4) is 0 Å². The molecule has 3 N–H and O–H groups in total. The van der Waals surface area contributed by atoms with Gasteiger partial charge >= 0.3 is 0 Å². The minimum absolute atomic E-state index is 0.0761. The standard InChI is InChI=1S/C55H105NO3/c1-3-5-7-9-11-13-15-16-17-18-19-20-21-22-23-24-25-26-27-28-29-30-31-32-33-34-35-36-37-38-39-40-41-43-45-47-49-51-55(59)56-53(52-57)54(58)50-48-46-44-42-14-12-10-8-6-4-2/h6,8,14,42,48,50,53-54,57-58H,3-5,7,9-13,15-41,43-47,49,51-52H2,1-2H3,(H,56,59)/b8-6+,42-14+,50-48+. The van der Waals surface area contributed by atoms with Gasteiger partial charge in [-0.3, -0.25) is 4.79 Å². The molecule has 0 aromatic carbocycles. The third-order valence-electron chi connectivity index (χ3n) is 12.4. The van der Waals surface area contributed by atoms with Crippen LogP contribution >= 0.6 is 0 Å². The van der Waals surface area contributed by atoms with Gasteiger partial charge in [0.1, 0.15) is 0 Å². The van der Waals surface area contributed by atoms with Crippen molar-refractivity contribution >= 4 is 5.91 Å². The van der Waals surface area contributed by atoms with Crippen LogP contribution in [0.5, 0.6) is 0 Å². The molecule has 0 saturated heterocycles. The number of nitrogens with one attached hydrogen (secondary N) is 1. The number of unbranched alkanes of at least 4 members (excludes halogenated alkanes) is 38. The fraction of sp³-hybridized carbons (Fsp3) is 0.873. The van der Waals surface area contributed by atoms with E-state index < -0.39 is 12.1 Å². The molecule has 0 heterocycles. The summed E-state index contributed by atoms with van der Waals surface area (Å²) in [6, 6.07) is -0.641. The molecule has 0 fully saturated rings. The highest BCUT2D eigenvalue weighted by Gasteiger charge is 2.18. The topological polar surface area (TPSA) is 69.6 Å². The van der Waals surface area contributed by atoms with E-state index in [0.717, 1.165) is 44.9 Å². The molecule has 1 amide bonds. The molecule has 348 valence electrons. The van der Waals surface area contributed by atoms with Crippen molar-refractivity contribution in [2.75, 3.05) is 6.61 Å². The molecule has 0 rings (SSSR count). The predicted octanol–water partition coefficient (Wildman–Crippen LogP) is 17.3. The highest BCUT2D eigenvalue weighted by Crippen LogP contribution is 2.18. The SMILES string of the molecule is CC/C=C/CC/C=C/CC/C=C/C(O)C(CO)NC(=O)CCCCCCCCCCCCCCCCCCCCCCCCCCCCCCCCCCCCCCC. The first-order chi connectivity index (χ1) is 29.2. The molecule has 4 heteroatoms. The zero-order chi connectivity index (χ0) is 42.8. The van der Waals surface area contributed by atoms with Gasteiger partial charge in [0, 0.05) is 6.42 Å². The lowest BCUT2D eigenvalue weighted by atomic mass is 10.0. The van der Waals surface area contributed by atoms with E-state index in [1.54, 1.807) is 6.08 Å². The third kappa shape index (κ3) is 47.5. The summed E-state index contributed by atoms with van der Waals surface area (Å²) in [4.78, 5) is 12.4. The molecule has 4 nitrogen and oxygen atoms in total. The molecule has 0 aliphatic heterocycles. The van der Waals surface area contributed by atoms with Gasteiger partial charge in [0.05, 0.1) is 18.8 Å². The second-order valence-electron chi connectivity index (χ2n) is 18.3. The minimum Gasteiger partial charge on any atom is -0.394 e. The van der Waals surface area contributed by atoms with Gasteiger partial charge in [-0.05, 0) is 38.5 Å². The molecule has 59 heavy (non-hydrogen) atoms. The van der Waals surface area contributed by atoms with Gasteiger partial charge in [0.2, 0.25) is 5.91 Å². The van der Waals surface area contributed by atoms with Crippen LogP contribution in [0.25, 0.3) is 0 Å². The van der Waals surface area contributed by atoms with Crippen molar-refractivity contribution in [2.24, 2.45) is 0 Å². The van der Waals surface area contributed by atoms with Crippen molar-refractivity contribution in [2.45, 2.75) is 302 Å². The Morgan fingerprint density at radius 1 is 0.407 bits per heavy atom.